The summed E-state index contributed by atoms with van der Waals surface area (Å²) in [5.74, 6) is -0.554. The number of carboxylic acids is 1. The summed E-state index contributed by atoms with van der Waals surface area (Å²) >= 11 is 12.1. The summed E-state index contributed by atoms with van der Waals surface area (Å²) < 4.78 is 20.5. The summed E-state index contributed by atoms with van der Waals surface area (Å²) in [6.07, 6.45) is 1.34. The van der Waals surface area contributed by atoms with Crippen LogP contribution in [0.2, 0.25) is 10.0 Å². The second-order valence-electron chi connectivity index (χ2n) is 10.6. The Hall–Kier alpha value is -3.50. The van der Waals surface area contributed by atoms with Crippen LogP contribution in [0.25, 0.3) is 22.5 Å². The van der Waals surface area contributed by atoms with Gasteiger partial charge in [0.1, 0.15) is 16.5 Å². The van der Waals surface area contributed by atoms with Crippen LogP contribution in [0, 0.1) is 6.92 Å². The molecule has 1 amide bonds. The molecular weight excluding hydrogens is 597 g/mol. The van der Waals surface area contributed by atoms with Gasteiger partial charge >= 0.3 is 5.97 Å². The van der Waals surface area contributed by atoms with Gasteiger partial charge in [-0.05, 0) is 54.7 Å². The Labute approximate surface area is 255 Å². The lowest BCUT2D eigenvalue weighted by molar-refractivity contribution is -0.140. The van der Waals surface area contributed by atoms with Crippen LogP contribution < -0.4 is 0 Å². The van der Waals surface area contributed by atoms with E-state index in [1.54, 1.807) is 30.0 Å². The van der Waals surface area contributed by atoms with E-state index in [9.17, 15) is 18.9 Å². The van der Waals surface area contributed by atoms with Gasteiger partial charge in [0.2, 0.25) is 0 Å². The lowest BCUT2D eigenvalue weighted by atomic mass is 9.93. The van der Waals surface area contributed by atoms with E-state index in [0.29, 0.717) is 71.0 Å². The maximum atomic E-state index is 13.6. The highest BCUT2D eigenvalue weighted by Gasteiger charge is 2.51. The number of hydrogen-bond acceptors (Lipinski definition) is 5. The van der Waals surface area contributed by atoms with E-state index in [4.69, 9.17) is 27.7 Å². The van der Waals surface area contributed by atoms with Crippen molar-refractivity contribution in [1.82, 2.24) is 14.4 Å². The topological polar surface area (TPSA) is 104 Å². The molecule has 1 aliphatic heterocycles. The van der Waals surface area contributed by atoms with Gasteiger partial charge in [0, 0.05) is 31.7 Å². The van der Waals surface area contributed by atoms with Gasteiger partial charge in [-0.15, -0.1) is 0 Å². The number of hydrogen-bond donors (Lipinski definition) is 1. The zero-order valence-electron chi connectivity index (χ0n) is 22.7. The van der Waals surface area contributed by atoms with Gasteiger partial charge in [-0.2, -0.15) is 0 Å². The van der Waals surface area contributed by atoms with Crippen molar-refractivity contribution in [3.8, 4) is 22.5 Å². The van der Waals surface area contributed by atoms with Crippen molar-refractivity contribution in [1.29, 1.82) is 0 Å². The Kier molecular flexibility index (Phi) is 7.70. The van der Waals surface area contributed by atoms with E-state index < -0.39 is 22.4 Å². The summed E-state index contributed by atoms with van der Waals surface area (Å²) in [5.41, 5.74) is 3.66. The van der Waals surface area contributed by atoms with E-state index in [2.05, 4.69) is 5.16 Å². The third-order valence-corrected chi connectivity index (χ3v) is 10.2. The minimum Gasteiger partial charge on any atom is -0.481 e. The number of carbonyl (C=O) groups excluding carboxylic acids is 1. The van der Waals surface area contributed by atoms with E-state index in [0.717, 1.165) is 22.3 Å². The molecular formula is C31H27Cl2N3O5S. The molecule has 1 aromatic heterocycles. The highest BCUT2D eigenvalue weighted by atomic mass is 35.5. The zero-order valence-corrected chi connectivity index (χ0v) is 25.0. The molecule has 42 heavy (non-hydrogen) atoms. The largest absolute Gasteiger partial charge is 0.481 e. The van der Waals surface area contributed by atoms with Crippen molar-refractivity contribution in [2.24, 2.45) is 0 Å². The Morgan fingerprint density at radius 3 is 2.05 bits per heavy atom. The van der Waals surface area contributed by atoms with Crippen LogP contribution in [0.3, 0.4) is 0 Å². The van der Waals surface area contributed by atoms with E-state index in [1.165, 1.54) is 0 Å². The predicted octanol–water partition coefficient (Wildman–Crippen LogP) is 6.22. The minimum absolute atomic E-state index is 0.184. The van der Waals surface area contributed by atoms with Crippen molar-refractivity contribution >= 4 is 46.1 Å². The average molecular weight is 625 g/mol. The fourth-order valence-electron chi connectivity index (χ4n) is 5.32. The lowest BCUT2D eigenvalue weighted by Crippen LogP contribution is -2.49. The summed E-state index contributed by atoms with van der Waals surface area (Å²) in [7, 11) is -1.42. The molecule has 0 bridgehead atoms. The van der Waals surface area contributed by atoms with Crippen LogP contribution in [0.15, 0.2) is 76.1 Å². The molecule has 11 heteroatoms. The van der Waals surface area contributed by atoms with Crippen molar-refractivity contribution < 1.29 is 23.4 Å². The standard InChI is InChI=1S/C31H27Cl2N3O5S/c1-19-27(29(37)35-14-16-36(17-15-35)42(40)24-10-11-25(32)26(33)18-24)28(41-34-19)22-4-2-20(3-5-22)21-6-8-23(9-7-21)31(12-13-31)30(38)39/h2-11,18H,12-17H2,1H3,(H,38,39). The molecule has 3 aromatic carbocycles. The van der Waals surface area contributed by atoms with Gasteiger partial charge in [0.25, 0.3) is 5.91 Å². The van der Waals surface area contributed by atoms with Crippen LogP contribution in [0.5, 0.6) is 0 Å². The SMILES string of the molecule is Cc1noc(-c2ccc(-c3ccc(C4(C(=O)O)CC4)cc3)cc2)c1C(=O)N1CCN(S(=O)c2ccc(Cl)c(Cl)c2)CC1. The second kappa shape index (κ2) is 11.3. The number of halogens is 2. The number of aromatic nitrogens is 1. The fourth-order valence-corrected chi connectivity index (χ4v) is 6.87. The summed E-state index contributed by atoms with van der Waals surface area (Å²) in [6.45, 7) is 3.40. The monoisotopic (exact) mass is 623 g/mol. The number of rotatable bonds is 7. The number of carboxylic acid groups (broad SMARTS) is 1. The van der Waals surface area contributed by atoms with Crippen molar-refractivity contribution in [2.75, 3.05) is 26.2 Å². The number of aliphatic carboxylic acids is 1. The van der Waals surface area contributed by atoms with Gasteiger partial charge in [-0.3, -0.25) is 9.59 Å². The normalized spacial score (nSPS) is 17.2. The molecule has 1 atom stereocenters. The summed E-state index contributed by atoms with van der Waals surface area (Å²) in [4.78, 5) is 27.5. The molecule has 1 aliphatic carbocycles. The maximum absolute atomic E-state index is 13.6. The summed E-state index contributed by atoms with van der Waals surface area (Å²) in [6, 6.07) is 20.2. The predicted molar refractivity (Wildman–Crippen MR) is 161 cm³/mol. The molecule has 1 saturated heterocycles. The second-order valence-corrected chi connectivity index (χ2v) is 12.9. The fraction of sp³-hybridized carbons (Fsp3) is 0.258. The number of aryl methyl sites for hydroxylation is 1. The molecule has 4 aromatic rings. The molecule has 6 rings (SSSR count). The average Bonchev–Trinajstić information content (AvgIpc) is 3.74. The Bertz CT molecular complexity index is 1690. The quantitative estimate of drug-likeness (QED) is 0.262. The molecule has 0 spiro atoms. The highest BCUT2D eigenvalue weighted by molar-refractivity contribution is 7.82. The number of nitrogens with zero attached hydrogens (tertiary/aromatic N) is 3. The first-order valence-corrected chi connectivity index (χ1v) is 15.4. The number of carbonyl (C=O) groups is 2. The van der Waals surface area contributed by atoms with Crippen molar-refractivity contribution in [3.05, 3.63) is 93.6 Å². The molecule has 216 valence electrons. The van der Waals surface area contributed by atoms with E-state index in [-0.39, 0.29) is 5.91 Å². The zero-order chi connectivity index (χ0) is 29.6. The lowest BCUT2D eigenvalue weighted by Gasteiger charge is -2.33. The highest BCUT2D eigenvalue weighted by Crippen LogP contribution is 2.48. The molecule has 2 heterocycles. The third-order valence-electron chi connectivity index (χ3n) is 8.01. The Morgan fingerprint density at radius 1 is 0.881 bits per heavy atom. The molecule has 1 saturated carbocycles. The first-order chi connectivity index (χ1) is 20.2. The number of piperazine rings is 1. The van der Waals surface area contributed by atoms with E-state index >= 15 is 0 Å². The first-order valence-electron chi connectivity index (χ1n) is 13.5. The van der Waals surface area contributed by atoms with Gasteiger partial charge in [-0.25, -0.2) is 8.51 Å². The third kappa shape index (κ3) is 5.26. The first kappa shape index (κ1) is 28.6. The Balaban J connectivity index is 1.14. The van der Waals surface area contributed by atoms with Crippen LogP contribution in [0.1, 0.15) is 34.5 Å². The van der Waals surface area contributed by atoms with Crippen LogP contribution in [-0.2, 0) is 21.2 Å². The summed E-state index contributed by atoms with van der Waals surface area (Å²) in [5, 5.41) is 14.4. The van der Waals surface area contributed by atoms with E-state index in [1.807, 2.05) is 52.8 Å². The van der Waals surface area contributed by atoms with Gasteiger partial charge in [0.05, 0.1) is 26.0 Å². The van der Waals surface area contributed by atoms with Gasteiger partial charge in [0.15, 0.2) is 5.76 Å². The van der Waals surface area contributed by atoms with Crippen molar-refractivity contribution in [2.45, 2.75) is 30.1 Å². The molecule has 0 radical (unpaired) electrons. The molecule has 2 fully saturated rings. The van der Waals surface area contributed by atoms with Gasteiger partial charge in [-0.1, -0.05) is 76.9 Å². The Morgan fingerprint density at radius 2 is 1.48 bits per heavy atom. The molecule has 1 unspecified atom stereocenters. The van der Waals surface area contributed by atoms with Crippen LogP contribution in [0.4, 0.5) is 0 Å². The molecule has 1 N–H and O–H groups in total. The molecule has 2 aliphatic rings. The number of benzene rings is 3. The van der Waals surface area contributed by atoms with Crippen LogP contribution in [-0.4, -0.2) is 61.7 Å². The smallest absolute Gasteiger partial charge is 0.314 e. The van der Waals surface area contributed by atoms with Crippen LogP contribution >= 0.6 is 23.2 Å². The minimum atomic E-state index is -1.42. The maximum Gasteiger partial charge on any atom is 0.314 e. The van der Waals surface area contributed by atoms with Crippen molar-refractivity contribution in [3.63, 3.8) is 0 Å². The molecule has 8 nitrogen and oxygen atoms in total. The number of amides is 1. The van der Waals surface area contributed by atoms with Gasteiger partial charge < -0.3 is 14.5 Å².